The van der Waals surface area contributed by atoms with E-state index < -0.39 is 6.29 Å². The molecule has 0 aliphatic heterocycles. The van der Waals surface area contributed by atoms with Crippen molar-refractivity contribution in [3.05, 3.63) is 0 Å². The summed E-state index contributed by atoms with van der Waals surface area (Å²) in [4.78, 5) is 10.9. The van der Waals surface area contributed by atoms with Crippen LogP contribution in [0, 0.1) is 5.92 Å². The third kappa shape index (κ3) is 4.79. The van der Waals surface area contributed by atoms with Crippen LogP contribution < -0.4 is 0 Å². The van der Waals surface area contributed by atoms with Crippen molar-refractivity contribution in [2.24, 2.45) is 5.92 Å². The van der Waals surface area contributed by atoms with E-state index in [0.29, 0.717) is 6.61 Å². The monoisotopic (exact) mass is 160 g/mol. The zero-order chi connectivity index (χ0) is 8.85. The molecule has 0 radical (unpaired) electrons. The molecule has 0 rings (SSSR count). The van der Waals surface area contributed by atoms with Gasteiger partial charge in [0, 0.05) is 6.61 Å². The first kappa shape index (κ1) is 10.4. The SMILES string of the molecule is CCOC(C)OC(=O)C(C)C. The molecule has 0 aliphatic rings. The van der Waals surface area contributed by atoms with E-state index >= 15 is 0 Å². The second-order valence-electron chi connectivity index (χ2n) is 2.61. The van der Waals surface area contributed by atoms with E-state index in [9.17, 15) is 4.79 Å². The van der Waals surface area contributed by atoms with Crippen molar-refractivity contribution in [1.29, 1.82) is 0 Å². The number of carbonyl (C=O) groups excluding carboxylic acids is 1. The normalized spacial score (nSPS) is 13.2. The first-order chi connectivity index (χ1) is 5.07. The van der Waals surface area contributed by atoms with E-state index in [1.54, 1.807) is 20.8 Å². The lowest BCUT2D eigenvalue weighted by Gasteiger charge is -2.13. The number of hydrogen-bond donors (Lipinski definition) is 0. The number of esters is 1. The van der Waals surface area contributed by atoms with Crippen molar-refractivity contribution in [2.45, 2.75) is 34.0 Å². The molecule has 66 valence electrons. The largest absolute Gasteiger partial charge is 0.436 e. The molecule has 0 fully saturated rings. The molecule has 1 atom stereocenters. The lowest BCUT2D eigenvalue weighted by molar-refractivity contribution is -0.177. The van der Waals surface area contributed by atoms with Crippen LogP contribution in [0.15, 0.2) is 0 Å². The molecule has 0 saturated carbocycles. The highest BCUT2D eigenvalue weighted by Crippen LogP contribution is 2.00. The van der Waals surface area contributed by atoms with Crippen molar-refractivity contribution in [1.82, 2.24) is 0 Å². The molecule has 11 heavy (non-hydrogen) atoms. The van der Waals surface area contributed by atoms with E-state index in [2.05, 4.69) is 0 Å². The van der Waals surface area contributed by atoms with Crippen LogP contribution in [0.25, 0.3) is 0 Å². The minimum atomic E-state index is -0.421. The smallest absolute Gasteiger partial charge is 0.310 e. The maximum Gasteiger partial charge on any atom is 0.310 e. The molecule has 0 aromatic rings. The zero-order valence-corrected chi connectivity index (χ0v) is 7.59. The van der Waals surface area contributed by atoms with Crippen molar-refractivity contribution in [3.63, 3.8) is 0 Å². The Labute approximate surface area is 67.7 Å². The Balaban J connectivity index is 3.57. The topological polar surface area (TPSA) is 35.5 Å². The lowest BCUT2D eigenvalue weighted by Crippen LogP contribution is -2.21. The van der Waals surface area contributed by atoms with Crippen molar-refractivity contribution in [2.75, 3.05) is 6.61 Å². The summed E-state index contributed by atoms with van der Waals surface area (Å²) in [5.41, 5.74) is 0. The molecule has 0 bridgehead atoms. The van der Waals surface area contributed by atoms with Crippen molar-refractivity contribution >= 4 is 5.97 Å². The van der Waals surface area contributed by atoms with E-state index in [1.807, 2.05) is 6.92 Å². The fraction of sp³-hybridized carbons (Fsp3) is 0.875. The molecular weight excluding hydrogens is 144 g/mol. The van der Waals surface area contributed by atoms with Gasteiger partial charge in [-0.2, -0.15) is 0 Å². The molecule has 0 heterocycles. The molecule has 0 saturated heterocycles. The number of hydrogen-bond acceptors (Lipinski definition) is 3. The van der Waals surface area contributed by atoms with Gasteiger partial charge in [0.1, 0.15) is 0 Å². The van der Waals surface area contributed by atoms with Gasteiger partial charge in [0.05, 0.1) is 5.92 Å². The Morgan fingerprint density at radius 1 is 1.36 bits per heavy atom. The molecule has 1 unspecified atom stereocenters. The maximum absolute atomic E-state index is 10.9. The summed E-state index contributed by atoms with van der Waals surface area (Å²) >= 11 is 0. The summed E-state index contributed by atoms with van der Waals surface area (Å²) in [7, 11) is 0. The van der Waals surface area contributed by atoms with E-state index in [0.717, 1.165) is 0 Å². The van der Waals surface area contributed by atoms with Crippen LogP contribution in [-0.2, 0) is 14.3 Å². The van der Waals surface area contributed by atoms with Gasteiger partial charge in [0.15, 0.2) is 6.29 Å². The highest BCUT2D eigenvalue weighted by molar-refractivity contribution is 5.71. The van der Waals surface area contributed by atoms with Gasteiger partial charge in [-0.05, 0) is 13.8 Å². The van der Waals surface area contributed by atoms with Crippen molar-refractivity contribution in [3.8, 4) is 0 Å². The summed E-state index contributed by atoms with van der Waals surface area (Å²) in [5.74, 6) is -0.302. The van der Waals surface area contributed by atoms with Crippen LogP contribution in [0.2, 0.25) is 0 Å². The molecule has 0 N–H and O–H groups in total. The Morgan fingerprint density at radius 2 is 1.91 bits per heavy atom. The maximum atomic E-state index is 10.9. The molecule has 0 aromatic heterocycles. The highest BCUT2D eigenvalue weighted by Gasteiger charge is 2.11. The zero-order valence-electron chi connectivity index (χ0n) is 7.59. The predicted octanol–water partition coefficient (Wildman–Crippen LogP) is 1.57. The van der Waals surface area contributed by atoms with Gasteiger partial charge < -0.3 is 9.47 Å². The molecule has 0 aromatic carbocycles. The van der Waals surface area contributed by atoms with Gasteiger partial charge in [-0.1, -0.05) is 13.8 Å². The van der Waals surface area contributed by atoms with Crippen LogP contribution >= 0.6 is 0 Å². The minimum Gasteiger partial charge on any atom is -0.436 e. The average molecular weight is 160 g/mol. The number of carbonyl (C=O) groups is 1. The van der Waals surface area contributed by atoms with Gasteiger partial charge in [-0.15, -0.1) is 0 Å². The van der Waals surface area contributed by atoms with Crippen LogP contribution in [0.4, 0.5) is 0 Å². The van der Waals surface area contributed by atoms with Crippen LogP contribution in [0.5, 0.6) is 0 Å². The molecule has 3 nitrogen and oxygen atoms in total. The van der Waals surface area contributed by atoms with Crippen LogP contribution in [-0.4, -0.2) is 18.9 Å². The van der Waals surface area contributed by atoms with Gasteiger partial charge in [0.25, 0.3) is 0 Å². The summed E-state index contributed by atoms with van der Waals surface area (Å²) in [5, 5.41) is 0. The van der Waals surface area contributed by atoms with Gasteiger partial charge in [-0.25, -0.2) is 0 Å². The summed E-state index contributed by atoms with van der Waals surface area (Å²) in [6.07, 6.45) is -0.421. The first-order valence-corrected chi connectivity index (χ1v) is 3.90. The first-order valence-electron chi connectivity index (χ1n) is 3.90. The molecular formula is C8H16O3. The number of rotatable bonds is 4. The summed E-state index contributed by atoms with van der Waals surface area (Å²) in [6.45, 7) is 7.72. The summed E-state index contributed by atoms with van der Waals surface area (Å²) in [6, 6.07) is 0. The van der Waals surface area contributed by atoms with E-state index in [-0.39, 0.29) is 11.9 Å². The third-order valence-electron chi connectivity index (χ3n) is 1.15. The summed E-state index contributed by atoms with van der Waals surface area (Å²) < 4.78 is 9.91. The van der Waals surface area contributed by atoms with Gasteiger partial charge in [0.2, 0.25) is 0 Å². The fourth-order valence-corrected chi connectivity index (χ4v) is 0.568. The predicted molar refractivity (Wildman–Crippen MR) is 42.0 cm³/mol. The Bertz CT molecular complexity index is 121. The standard InChI is InChI=1S/C8H16O3/c1-5-10-7(4)11-8(9)6(2)3/h6-7H,5H2,1-4H3. The molecule has 0 spiro atoms. The lowest BCUT2D eigenvalue weighted by atomic mass is 10.2. The number of ether oxygens (including phenoxy) is 2. The van der Waals surface area contributed by atoms with Gasteiger partial charge in [-0.3, -0.25) is 4.79 Å². The second-order valence-corrected chi connectivity index (χ2v) is 2.61. The minimum absolute atomic E-state index is 0.0853. The molecule has 0 amide bonds. The Kier molecular flexibility index (Phi) is 4.86. The van der Waals surface area contributed by atoms with E-state index in [4.69, 9.17) is 9.47 Å². The third-order valence-corrected chi connectivity index (χ3v) is 1.15. The van der Waals surface area contributed by atoms with Gasteiger partial charge >= 0.3 is 5.97 Å². The molecule has 0 aliphatic carbocycles. The van der Waals surface area contributed by atoms with Crippen LogP contribution in [0.3, 0.4) is 0 Å². The Hall–Kier alpha value is -0.570. The van der Waals surface area contributed by atoms with E-state index in [1.165, 1.54) is 0 Å². The quantitative estimate of drug-likeness (QED) is 0.462. The second kappa shape index (κ2) is 5.13. The van der Waals surface area contributed by atoms with Crippen molar-refractivity contribution < 1.29 is 14.3 Å². The Morgan fingerprint density at radius 3 is 2.27 bits per heavy atom. The van der Waals surface area contributed by atoms with Crippen LogP contribution in [0.1, 0.15) is 27.7 Å². The molecule has 3 heteroatoms. The highest BCUT2D eigenvalue weighted by atomic mass is 16.7. The average Bonchev–Trinajstić information content (AvgIpc) is 1.87. The fourth-order valence-electron chi connectivity index (χ4n) is 0.568.